The highest BCUT2D eigenvalue weighted by atomic mass is 16.4. The van der Waals surface area contributed by atoms with Crippen molar-refractivity contribution in [3.05, 3.63) is 17.9 Å². The van der Waals surface area contributed by atoms with E-state index in [1.54, 1.807) is 6.07 Å². The maximum Gasteiger partial charge on any atom is 0.206 e. The van der Waals surface area contributed by atoms with E-state index >= 15 is 0 Å². The van der Waals surface area contributed by atoms with E-state index < -0.39 is 0 Å². The zero-order valence-electron chi connectivity index (χ0n) is 7.81. The van der Waals surface area contributed by atoms with Crippen LogP contribution in [0.15, 0.2) is 21.7 Å². The van der Waals surface area contributed by atoms with Crippen molar-refractivity contribution >= 4 is 11.7 Å². The van der Waals surface area contributed by atoms with Crippen molar-refractivity contribution < 1.29 is 9.62 Å². The average molecular weight is 195 g/mol. The molecule has 1 fully saturated rings. The summed E-state index contributed by atoms with van der Waals surface area (Å²) in [4.78, 5) is 2.15. The third-order valence-electron chi connectivity index (χ3n) is 2.37. The molecule has 0 atom stereocenters. The van der Waals surface area contributed by atoms with Crippen LogP contribution < -0.4 is 10.6 Å². The Balaban J connectivity index is 2.16. The van der Waals surface area contributed by atoms with Gasteiger partial charge in [0.05, 0.1) is 0 Å². The Labute approximate surface area is 81.8 Å². The van der Waals surface area contributed by atoms with Gasteiger partial charge >= 0.3 is 0 Å². The Morgan fingerprint density at radius 1 is 1.43 bits per heavy atom. The van der Waals surface area contributed by atoms with Crippen molar-refractivity contribution in [3.63, 3.8) is 0 Å². The quantitative estimate of drug-likeness (QED) is 0.319. The van der Waals surface area contributed by atoms with E-state index in [9.17, 15) is 0 Å². The van der Waals surface area contributed by atoms with Crippen molar-refractivity contribution in [1.29, 1.82) is 0 Å². The number of hydrogen-bond donors (Lipinski definition) is 2. The van der Waals surface area contributed by atoms with Crippen LogP contribution in [0.5, 0.6) is 0 Å². The van der Waals surface area contributed by atoms with Crippen LogP contribution in [-0.2, 0) is 0 Å². The Morgan fingerprint density at radius 3 is 2.79 bits per heavy atom. The van der Waals surface area contributed by atoms with E-state index in [4.69, 9.17) is 15.4 Å². The molecule has 0 spiro atoms. The molecule has 0 radical (unpaired) electrons. The number of rotatable bonds is 2. The molecule has 1 aromatic heterocycles. The molecule has 0 bridgehead atoms. The van der Waals surface area contributed by atoms with Gasteiger partial charge in [-0.15, -0.1) is 0 Å². The van der Waals surface area contributed by atoms with Gasteiger partial charge in [-0.2, -0.15) is 0 Å². The lowest BCUT2D eigenvalue weighted by Crippen LogP contribution is -2.17. The predicted octanol–water partition coefficient (Wildman–Crippen LogP) is 0.974. The number of furan rings is 1. The lowest BCUT2D eigenvalue weighted by Gasteiger charge is -2.12. The summed E-state index contributed by atoms with van der Waals surface area (Å²) in [5.74, 6) is 1.22. The van der Waals surface area contributed by atoms with E-state index in [2.05, 4.69) is 10.1 Å². The molecule has 2 heterocycles. The van der Waals surface area contributed by atoms with E-state index in [1.165, 1.54) is 12.8 Å². The molecule has 0 unspecified atom stereocenters. The largest absolute Gasteiger partial charge is 0.437 e. The van der Waals surface area contributed by atoms with Gasteiger partial charge in [0.2, 0.25) is 5.84 Å². The monoisotopic (exact) mass is 195 g/mol. The molecule has 0 aromatic carbocycles. The summed E-state index contributed by atoms with van der Waals surface area (Å²) in [6, 6.07) is 3.56. The molecule has 5 heteroatoms. The van der Waals surface area contributed by atoms with Crippen LogP contribution in [0.2, 0.25) is 0 Å². The Morgan fingerprint density at radius 2 is 2.14 bits per heavy atom. The van der Waals surface area contributed by atoms with Gasteiger partial charge in [-0.25, -0.2) is 0 Å². The van der Waals surface area contributed by atoms with Gasteiger partial charge in [0.25, 0.3) is 0 Å². The number of nitrogens with two attached hydrogens (primary N) is 1. The zero-order valence-corrected chi connectivity index (χ0v) is 7.81. The third kappa shape index (κ3) is 1.53. The van der Waals surface area contributed by atoms with Crippen molar-refractivity contribution in [1.82, 2.24) is 0 Å². The predicted molar refractivity (Wildman–Crippen MR) is 52.7 cm³/mol. The van der Waals surface area contributed by atoms with E-state index in [-0.39, 0.29) is 5.84 Å². The summed E-state index contributed by atoms with van der Waals surface area (Å²) in [5, 5.41) is 11.3. The summed E-state index contributed by atoms with van der Waals surface area (Å²) in [6.07, 6.45) is 2.39. The van der Waals surface area contributed by atoms with Gasteiger partial charge in [-0.05, 0) is 18.9 Å². The Kier molecular flexibility index (Phi) is 2.30. The van der Waals surface area contributed by atoms with Crippen LogP contribution in [-0.4, -0.2) is 24.1 Å². The summed E-state index contributed by atoms with van der Waals surface area (Å²) >= 11 is 0. The zero-order chi connectivity index (χ0) is 9.97. The maximum absolute atomic E-state index is 8.45. The van der Waals surface area contributed by atoms with E-state index in [1.807, 2.05) is 6.07 Å². The molecule has 0 saturated carbocycles. The fourth-order valence-corrected chi connectivity index (χ4v) is 1.62. The minimum atomic E-state index is 0.00967. The second-order valence-corrected chi connectivity index (χ2v) is 3.32. The molecule has 0 aliphatic carbocycles. The van der Waals surface area contributed by atoms with Gasteiger partial charge in [-0.1, -0.05) is 5.16 Å². The van der Waals surface area contributed by atoms with Crippen molar-refractivity contribution in [2.24, 2.45) is 10.9 Å². The minimum absolute atomic E-state index is 0.00967. The average Bonchev–Trinajstić information content (AvgIpc) is 2.86. The van der Waals surface area contributed by atoms with Crippen LogP contribution in [0.4, 0.5) is 5.88 Å². The molecule has 1 aliphatic rings. The normalized spacial score (nSPS) is 17.7. The fourth-order valence-electron chi connectivity index (χ4n) is 1.62. The maximum atomic E-state index is 8.45. The second kappa shape index (κ2) is 3.61. The first-order chi connectivity index (χ1) is 6.81. The Bertz CT molecular complexity index is 340. The lowest BCUT2D eigenvalue weighted by molar-refractivity contribution is 0.317. The van der Waals surface area contributed by atoms with Crippen LogP contribution in [0.1, 0.15) is 18.6 Å². The summed E-state index contributed by atoms with van der Waals surface area (Å²) < 4.78 is 5.43. The molecule has 1 aliphatic heterocycles. The summed E-state index contributed by atoms with van der Waals surface area (Å²) in [5.41, 5.74) is 5.39. The first-order valence-electron chi connectivity index (χ1n) is 4.64. The van der Waals surface area contributed by atoms with Gasteiger partial charge < -0.3 is 20.3 Å². The standard InChI is InChI=1S/C9H13N3O2/c10-9(11-13)7-3-4-8(14-7)12-5-1-2-6-12/h3-4,13H,1-2,5-6H2,(H2,10,11). The highest BCUT2D eigenvalue weighted by Crippen LogP contribution is 2.22. The second-order valence-electron chi connectivity index (χ2n) is 3.32. The highest BCUT2D eigenvalue weighted by molar-refractivity contribution is 5.94. The first-order valence-corrected chi connectivity index (χ1v) is 4.64. The first kappa shape index (κ1) is 8.93. The lowest BCUT2D eigenvalue weighted by atomic mass is 10.4. The van der Waals surface area contributed by atoms with Gasteiger partial charge in [0, 0.05) is 19.2 Å². The number of nitrogens with zero attached hydrogens (tertiary/aromatic N) is 2. The number of oxime groups is 1. The smallest absolute Gasteiger partial charge is 0.206 e. The van der Waals surface area contributed by atoms with Crippen molar-refractivity contribution in [3.8, 4) is 0 Å². The molecular weight excluding hydrogens is 182 g/mol. The van der Waals surface area contributed by atoms with Crippen molar-refractivity contribution in [2.45, 2.75) is 12.8 Å². The fraction of sp³-hybridized carbons (Fsp3) is 0.444. The topological polar surface area (TPSA) is 75.0 Å². The van der Waals surface area contributed by atoms with E-state index in [0.29, 0.717) is 5.76 Å². The molecule has 1 aromatic rings. The molecule has 3 N–H and O–H groups in total. The minimum Gasteiger partial charge on any atom is -0.437 e. The van der Waals surface area contributed by atoms with Crippen molar-refractivity contribution in [2.75, 3.05) is 18.0 Å². The summed E-state index contributed by atoms with van der Waals surface area (Å²) in [7, 11) is 0. The van der Waals surface area contributed by atoms with Crippen LogP contribution in [0.3, 0.4) is 0 Å². The molecule has 2 rings (SSSR count). The van der Waals surface area contributed by atoms with Gasteiger partial charge in [0.1, 0.15) is 0 Å². The van der Waals surface area contributed by atoms with Gasteiger partial charge in [-0.3, -0.25) is 0 Å². The molecule has 0 amide bonds. The third-order valence-corrected chi connectivity index (χ3v) is 2.37. The highest BCUT2D eigenvalue weighted by Gasteiger charge is 2.16. The summed E-state index contributed by atoms with van der Waals surface area (Å²) in [6.45, 7) is 2.03. The van der Waals surface area contributed by atoms with Crippen LogP contribution >= 0.6 is 0 Å². The van der Waals surface area contributed by atoms with Crippen LogP contribution in [0, 0.1) is 0 Å². The molecule has 5 nitrogen and oxygen atoms in total. The number of hydrogen-bond acceptors (Lipinski definition) is 4. The molecular formula is C9H13N3O2. The number of anilines is 1. The Hall–Kier alpha value is -1.65. The van der Waals surface area contributed by atoms with Gasteiger partial charge in [0.15, 0.2) is 11.6 Å². The molecule has 76 valence electrons. The van der Waals surface area contributed by atoms with E-state index in [0.717, 1.165) is 19.0 Å². The number of amidine groups is 1. The SMILES string of the molecule is N/C(=N/O)c1ccc(N2CCCC2)o1. The molecule has 1 saturated heterocycles. The molecule has 14 heavy (non-hydrogen) atoms. The van der Waals surface area contributed by atoms with Crippen LogP contribution in [0.25, 0.3) is 0 Å².